The average Bonchev–Trinajstić information content (AvgIpc) is 3.11. The van der Waals surface area contributed by atoms with Gasteiger partial charge in [-0.15, -0.1) is 0 Å². The number of phosphoric acid groups is 2. The molecule has 9 nitrogen and oxygen atoms in total. The molecule has 0 aliphatic carbocycles. The van der Waals surface area contributed by atoms with Crippen LogP contribution in [0.5, 0.6) is 0 Å². The molecule has 7 rings (SSSR count). The van der Waals surface area contributed by atoms with E-state index in [1.807, 2.05) is 54.6 Å². The van der Waals surface area contributed by atoms with Gasteiger partial charge in [-0.05, 0) is 88.6 Å². The summed E-state index contributed by atoms with van der Waals surface area (Å²) in [5.74, 6) is -1.27. The van der Waals surface area contributed by atoms with E-state index in [1.54, 1.807) is 6.08 Å². The normalized spacial score (nSPS) is 14.9. The van der Waals surface area contributed by atoms with Crippen LogP contribution in [0.1, 0.15) is 16.7 Å². The predicted octanol–water partition coefficient (Wildman–Crippen LogP) is 7.92. The maximum Gasteiger partial charge on any atom is 0.472 e. The Bertz CT molecular complexity index is 2540. The van der Waals surface area contributed by atoms with Gasteiger partial charge in [0, 0.05) is 18.4 Å². The summed E-state index contributed by atoms with van der Waals surface area (Å²) in [5, 5.41) is 21.6. The first-order valence-corrected chi connectivity index (χ1v) is 19.6. The van der Waals surface area contributed by atoms with Crippen LogP contribution >= 0.6 is 15.6 Å². The molecule has 0 fully saturated rings. The van der Waals surface area contributed by atoms with Crippen LogP contribution in [0.4, 0.5) is 0 Å². The van der Waals surface area contributed by atoms with Crippen molar-refractivity contribution in [1.82, 2.24) is 0 Å². The van der Waals surface area contributed by atoms with Gasteiger partial charge in [-0.2, -0.15) is 0 Å². The second-order valence-corrected chi connectivity index (χ2v) is 15.8. The Morgan fingerprint density at radius 3 is 1.76 bits per heavy atom. The molecule has 0 heterocycles. The third kappa shape index (κ3) is 7.37. The Morgan fingerprint density at radius 1 is 0.627 bits per heavy atom. The smallest absolute Gasteiger partial charge is 0.396 e. The molecule has 3 atom stereocenters. The van der Waals surface area contributed by atoms with E-state index in [-0.39, 0.29) is 19.6 Å². The van der Waals surface area contributed by atoms with E-state index < -0.39 is 40.7 Å². The second-order valence-electron chi connectivity index (χ2n) is 13.1. The quantitative estimate of drug-likeness (QED) is 0.0613. The van der Waals surface area contributed by atoms with Crippen molar-refractivity contribution in [2.24, 2.45) is 11.8 Å². The van der Waals surface area contributed by atoms with Gasteiger partial charge in [-0.1, -0.05) is 110 Å². The number of rotatable bonds is 15. The third-order valence-electron chi connectivity index (χ3n) is 9.61. The molecule has 7 aromatic carbocycles. The number of hydrogen-bond donors (Lipinski definition) is 4. The van der Waals surface area contributed by atoms with Crippen LogP contribution in [0.25, 0.3) is 66.5 Å². The summed E-state index contributed by atoms with van der Waals surface area (Å²) in [5.41, 5.74) is 2.64. The highest BCUT2D eigenvalue weighted by atomic mass is 31.2. The van der Waals surface area contributed by atoms with Crippen molar-refractivity contribution in [3.8, 4) is 0 Å². The lowest BCUT2D eigenvalue weighted by atomic mass is 9.88. The van der Waals surface area contributed by atoms with Crippen molar-refractivity contribution in [2.45, 2.75) is 12.8 Å². The van der Waals surface area contributed by atoms with Crippen molar-refractivity contribution in [3.63, 3.8) is 0 Å². The monoisotopic (exact) mass is 724 g/mol. The molecule has 0 amide bonds. The van der Waals surface area contributed by atoms with Crippen LogP contribution in [0.3, 0.4) is 0 Å². The van der Waals surface area contributed by atoms with E-state index >= 15 is 0 Å². The largest absolute Gasteiger partial charge is 0.472 e. The molecule has 11 heteroatoms. The van der Waals surface area contributed by atoms with Gasteiger partial charge in [0.2, 0.25) is 0 Å². The average molecular weight is 725 g/mol. The minimum absolute atomic E-state index is 0.199. The van der Waals surface area contributed by atoms with Crippen molar-refractivity contribution in [2.75, 3.05) is 26.4 Å². The van der Waals surface area contributed by atoms with Gasteiger partial charge in [-0.25, -0.2) is 9.13 Å². The fourth-order valence-corrected chi connectivity index (χ4v) is 8.57. The molecule has 0 saturated carbocycles. The molecule has 0 radical (unpaired) electrons. The van der Waals surface area contributed by atoms with E-state index in [9.17, 15) is 28.9 Å². The number of phosphoric ester groups is 2. The third-order valence-corrected chi connectivity index (χ3v) is 11.0. The highest BCUT2D eigenvalue weighted by molar-refractivity contribution is 7.47. The Balaban J connectivity index is 1.09. The first-order chi connectivity index (χ1) is 24.4. The van der Waals surface area contributed by atoms with E-state index in [4.69, 9.17) is 13.6 Å². The molecule has 0 aliphatic rings. The fraction of sp³-hybridized carbons (Fsp3) is 0.200. The number of benzene rings is 7. The maximum absolute atomic E-state index is 13.2. The highest BCUT2D eigenvalue weighted by Crippen LogP contribution is 2.46. The van der Waals surface area contributed by atoms with Crippen LogP contribution in [0, 0.1) is 11.8 Å². The lowest BCUT2D eigenvalue weighted by Gasteiger charge is -2.23. The highest BCUT2D eigenvalue weighted by Gasteiger charge is 2.28. The van der Waals surface area contributed by atoms with Crippen molar-refractivity contribution < 1.29 is 42.5 Å². The van der Waals surface area contributed by atoms with Crippen LogP contribution < -0.4 is 5.22 Å². The minimum Gasteiger partial charge on any atom is -0.396 e. The first-order valence-electron chi connectivity index (χ1n) is 16.6. The molecular weight excluding hydrogens is 686 g/mol. The molecule has 0 aromatic heterocycles. The summed E-state index contributed by atoms with van der Waals surface area (Å²) >= 11 is 0. The SMILES string of the molecule is C=Cc1cc(CC(COP(=O)(O)O)COP(=O)(O)OCC(CO)Cc2cc3cccc4ccc5cccc2c5c43)c2cccc3ccc(=C)c1c32. The summed E-state index contributed by atoms with van der Waals surface area (Å²) in [4.78, 5) is 29.7. The molecule has 3 unspecified atom stereocenters. The predicted molar refractivity (Wildman–Crippen MR) is 204 cm³/mol. The van der Waals surface area contributed by atoms with Gasteiger partial charge in [-0.3, -0.25) is 13.6 Å². The van der Waals surface area contributed by atoms with Gasteiger partial charge in [0.05, 0.1) is 19.8 Å². The summed E-state index contributed by atoms with van der Waals surface area (Å²) in [7, 11) is -9.53. The maximum atomic E-state index is 13.2. The zero-order valence-corrected chi connectivity index (χ0v) is 29.6. The second kappa shape index (κ2) is 14.2. The standard InChI is InChI=1S/C40H38O9P2/c1-3-28-19-34(35-11-5-8-30-14-13-25(2)37(28)39(30)35)18-27(23-47-50(42,43)44)24-49-51(45,46)48-22-26(21-41)17-33-20-32-10-4-7-29-15-16-31-9-6-12-36(33)40(31)38(29)32/h3-16,19-20,26-27,41H,1-2,17-18,21-24H2,(H,45,46)(H2,42,43,44). The molecule has 262 valence electrons. The fourth-order valence-electron chi connectivity index (χ4n) is 7.30. The number of hydrogen-bond acceptors (Lipinski definition) is 6. The molecular formula is C40H38O9P2. The minimum atomic E-state index is -4.86. The van der Waals surface area contributed by atoms with Gasteiger partial charge in [0.1, 0.15) is 0 Å². The Hall–Kier alpha value is -3.98. The molecule has 0 saturated heterocycles. The summed E-state index contributed by atoms with van der Waals surface area (Å²) in [6.45, 7) is 6.76. The lowest BCUT2D eigenvalue weighted by molar-refractivity contribution is 0.0857. The first kappa shape index (κ1) is 35.4. The summed E-state index contributed by atoms with van der Waals surface area (Å²) in [6.07, 6.45) is 2.31. The van der Waals surface area contributed by atoms with Crippen LogP contribution in [0.2, 0.25) is 0 Å². The lowest BCUT2D eigenvalue weighted by Crippen LogP contribution is -2.20. The van der Waals surface area contributed by atoms with Gasteiger partial charge in [0.25, 0.3) is 0 Å². The zero-order valence-electron chi connectivity index (χ0n) is 27.8. The molecule has 0 spiro atoms. The molecule has 4 N–H and O–H groups in total. The van der Waals surface area contributed by atoms with Gasteiger partial charge < -0.3 is 19.8 Å². The number of aliphatic hydroxyl groups excluding tert-OH is 1. The van der Waals surface area contributed by atoms with Crippen molar-refractivity contribution >= 4 is 82.2 Å². The topological polar surface area (TPSA) is 143 Å². The van der Waals surface area contributed by atoms with Crippen LogP contribution in [0.15, 0.2) is 97.6 Å². The Kier molecular flexibility index (Phi) is 9.87. The van der Waals surface area contributed by atoms with Gasteiger partial charge in [0.15, 0.2) is 0 Å². The van der Waals surface area contributed by atoms with E-state index in [0.717, 1.165) is 70.4 Å². The zero-order chi connectivity index (χ0) is 35.9. The summed E-state index contributed by atoms with van der Waals surface area (Å²) < 4.78 is 40.6. The van der Waals surface area contributed by atoms with Crippen LogP contribution in [-0.2, 0) is 35.5 Å². The summed E-state index contributed by atoms with van der Waals surface area (Å²) in [6, 6.07) is 30.3. The van der Waals surface area contributed by atoms with Crippen LogP contribution in [-0.4, -0.2) is 46.2 Å². The van der Waals surface area contributed by atoms with E-state index in [0.29, 0.717) is 6.42 Å². The Morgan fingerprint density at radius 2 is 1.14 bits per heavy atom. The van der Waals surface area contributed by atoms with Crippen molar-refractivity contribution in [1.29, 1.82) is 0 Å². The van der Waals surface area contributed by atoms with E-state index in [1.165, 1.54) is 5.39 Å². The molecule has 0 bridgehead atoms. The van der Waals surface area contributed by atoms with Crippen molar-refractivity contribution in [3.05, 3.63) is 119 Å². The molecule has 7 aromatic rings. The molecule has 51 heavy (non-hydrogen) atoms. The van der Waals surface area contributed by atoms with E-state index in [2.05, 4.69) is 49.6 Å². The number of aliphatic hydroxyl groups is 1. The van der Waals surface area contributed by atoms with Gasteiger partial charge >= 0.3 is 15.6 Å². The Labute approximate surface area is 294 Å². The molecule has 0 aliphatic heterocycles.